The second-order valence-electron chi connectivity index (χ2n) is 4.46. The van der Waals surface area contributed by atoms with Gasteiger partial charge in [-0.3, -0.25) is 4.98 Å². The molecule has 1 fully saturated rings. The van der Waals surface area contributed by atoms with E-state index in [1.165, 1.54) is 36.0 Å². The molecule has 1 unspecified atom stereocenters. The van der Waals surface area contributed by atoms with E-state index in [-0.39, 0.29) is 0 Å². The summed E-state index contributed by atoms with van der Waals surface area (Å²) in [6.07, 6.45) is 6.55. The number of hydrogen-bond donors (Lipinski definition) is 0. The molecule has 2 rings (SSSR count). The first-order valence-electron chi connectivity index (χ1n) is 5.50. The Morgan fingerprint density at radius 2 is 2.43 bits per heavy atom. The van der Waals surface area contributed by atoms with Gasteiger partial charge in [0.15, 0.2) is 0 Å². The quantitative estimate of drug-likeness (QED) is 0.654. The Morgan fingerprint density at radius 1 is 1.57 bits per heavy atom. The maximum absolute atomic E-state index is 4.22. The van der Waals surface area contributed by atoms with Gasteiger partial charge in [0.05, 0.1) is 20.1 Å². The molecule has 2 heteroatoms. The van der Waals surface area contributed by atoms with E-state index in [0.29, 0.717) is 6.04 Å². The van der Waals surface area contributed by atoms with Gasteiger partial charge >= 0.3 is 0 Å². The van der Waals surface area contributed by atoms with Crippen LogP contribution in [0, 0.1) is 0 Å². The van der Waals surface area contributed by atoms with Gasteiger partial charge in [0.1, 0.15) is 6.04 Å². The number of aromatic nitrogens is 1. The van der Waals surface area contributed by atoms with Crippen LogP contribution in [0.15, 0.2) is 24.5 Å². The Labute approximate surface area is 86.2 Å². The number of hydrogen-bond acceptors (Lipinski definition) is 1. The van der Waals surface area contributed by atoms with Crippen LogP contribution in [0.2, 0.25) is 0 Å². The molecular weight excluding hydrogens is 172 g/mol. The highest BCUT2D eigenvalue weighted by atomic mass is 15.4. The minimum Gasteiger partial charge on any atom is -0.320 e. The molecule has 0 aliphatic carbocycles. The van der Waals surface area contributed by atoms with Crippen LogP contribution >= 0.6 is 0 Å². The molecule has 0 N–H and O–H groups in total. The van der Waals surface area contributed by atoms with E-state index in [4.69, 9.17) is 0 Å². The lowest BCUT2D eigenvalue weighted by molar-refractivity contribution is -0.925. The van der Waals surface area contributed by atoms with Crippen molar-refractivity contribution in [1.29, 1.82) is 0 Å². The van der Waals surface area contributed by atoms with Gasteiger partial charge in [-0.15, -0.1) is 0 Å². The van der Waals surface area contributed by atoms with Crippen molar-refractivity contribution in [2.45, 2.75) is 25.8 Å². The lowest BCUT2D eigenvalue weighted by Gasteiger charge is -2.35. The minimum absolute atomic E-state index is 0.675. The highest BCUT2D eigenvalue weighted by Crippen LogP contribution is 2.36. The van der Waals surface area contributed by atoms with Gasteiger partial charge in [-0.1, -0.05) is 6.07 Å². The number of likely N-dealkylation sites (tertiary alicyclic amines) is 1. The summed E-state index contributed by atoms with van der Waals surface area (Å²) in [6, 6.07) is 4.94. The van der Waals surface area contributed by atoms with Crippen molar-refractivity contribution >= 4 is 0 Å². The summed E-state index contributed by atoms with van der Waals surface area (Å²) in [5.41, 5.74) is 1.41. The van der Waals surface area contributed by atoms with Crippen LogP contribution in [0.4, 0.5) is 0 Å². The van der Waals surface area contributed by atoms with Gasteiger partial charge in [-0.05, 0) is 13.0 Å². The molecule has 1 aromatic heterocycles. The zero-order valence-corrected chi connectivity index (χ0v) is 9.11. The van der Waals surface area contributed by atoms with E-state index >= 15 is 0 Å². The molecule has 1 aromatic rings. The molecule has 0 saturated carbocycles. The number of rotatable bonds is 2. The second kappa shape index (κ2) is 3.70. The largest absolute Gasteiger partial charge is 0.320 e. The second-order valence-corrected chi connectivity index (χ2v) is 4.46. The Bertz CT molecular complexity index is 296. The molecule has 1 aliphatic heterocycles. The molecule has 1 saturated heterocycles. The lowest BCUT2D eigenvalue weighted by atomic mass is 10.1. The number of pyridine rings is 1. The molecule has 0 spiro atoms. The van der Waals surface area contributed by atoms with Gasteiger partial charge in [0, 0.05) is 30.8 Å². The SMILES string of the molecule is CC[N+]1(C)CCC[C@H]1c1cccnc1. The number of quaternary nitrogens is 1. The third-order valence-electron chi connectivity index (χ3n) is 3.69. The molecule has 2 heterocycles. The molecule has 0 bridgehead atoms. The van der Waals surface area contributed by atoms with E-state index in [0.717, 1.165) is 0 Å². The van der Waals surface area contributed by atoms with Gasteiger partial charge < -0.3 is 4.48 Å². The normalized spacial score (nSPS) is 32.0. The van der Waals surface area contributed by atoms with Crippen molar-refractivity contribution < 1.29 is 4.48 Å². The third-order valence-corrected chi connectivity index (χ3v) is 3.69. The molecule has 76 valence electrons. The fourth-order valence-electron chi connectivity index (χ4n) is 2.59. The average Bonchev–Trinajstić information content (AvgIpc) is 2.63. The van der Waals surface area contributed by atoms with E-state index in [1.807, 2.05) is 18.5 Å². The monoisotopic (exact) mass is 191 g/mol. The van der Waals surface area contributed by atoms with E-state index < -0.39 is 0 Å². The van der Waals surface area contributed by atoms with Crippen LogP contribution in [-0.2, 0) is 0 Å². The molecule has 1 aliphatic rings. The van der Waals surface area contributed by atoms with Crippen LogP contribution in [0.1, 0.15) is 31.4 Å². The lowest BCUT2D eigenvalue weighted by Crippen LogP contribution is -2.42. The summed E-state index contributed by atoms with van der Waals surface area (Å²) in [4.78, 5) is 4.22. The van der Waals surface area contributed by atoms with Gasteiger partial charge in [0.25, 0.3) is 0 Å². The Hall–Kier alpha value is -0.890. The fourth-order valence-corrected chi connectivity index (χ4v) is 2.59. The van der Waals surface area contributed by atoms with Crippen LogP contribution in [0.25, 0.3) is 0 Å². The summed E-state index contributed by atoms with van der Waals surface area (Å²) in [5, 5.41) is 0. The highest BCUT2D eigenvalue weighted by molar-refractivity contribution is 5.12. The van der Waals surface area contributed by atoms with Crippen molar-refractivity contribution in [2.24, 2.45) is 0 Å². The van der Waals surface area contributed by atoms with Gasteiger partial charge in [-0.25, -0.2) is 0 Å². The van der Waals surface area contributed by atoms with Gasteiger partial charge in [-0.2, -0.15) is 0 Å². The molecule has 0 radical (unpaired) electrons. The summed E-state index contributed by atoms with van der Waals surface area (Å²) in [5.74, 6) is 0. The Kier molecular flexibility index (Phi) is 2.55. The van der Waals surface area contributed by atoms with E-state index in [2.05, 4.69) is 25.0 Å². The third kappa shape index (κ3) is 1.55. The summed E-state index contributed by atoms with van der Waals surface area (Å²) in [7, 11) is 2.37. The molecule has 14 heavy (non-hydrogen) atoms. The van der Waals surface area contributed by atoms with E-state index in [1.54, 1.807) is 0 Å². The first-order valence-corrected chi connectivity index (χ1v) is 5.50. The van der Waals surface area contributed by atoms with E-state index in [9.17, 15) is 0 Å². The molecule has 2 atom stereocenters. The molecule has 0 aromatic carbocycles. The summed E-state index contributed by atoms with van der Waals surface area (Å²) >= 11 is 0. The summed E-state index contributed by atoms with van der Waals surface area (Å²) < 4.78 is 1.19. The van der Waals surface area contributed by atoms with Crippen molar-refractivity contribution in [3.63, 3.8) is 0 Å². The van der Waals surface area contributed by atoms with Crippen LogP contribution in [0.3, 0.4) is 0 Å². The summed E-state index contributed by atoms with van der Waals surface area (Å²) in [6.45, 7) is 4.82. The maximum atomic E-state index is 4.22. The molecular formula is C12H19N2+. The van der Waals surface area contributed by atoms with Crippen LogP contribution in [0.5, 0.6) is 0 Å². The fraction of sp³-hybridized carbons (Fsp3) is 0.583. The zero-order valence-electron chi connectivity index (χ0n) is 9.11. The van der Waals surface area contributed by atoms with Crippen molar-refractivity contribution in [2.75, 3.05) is 20.1 Å². The first-order chi connectivity index (χ1) is 6.76. The minimum atomic E-state index is 0.675. The van der Waals surface area contributed by atoms with Gasteiger partial charge in [0.2, 0.25) is 0 Å². The average molecular weight is 191 g/mol. The first kappa shape index (κ1) is 9.66. The maximum Gasteiger partial charge on any atom is 0.116 e. The van der Waals surface area contributed by atoms with Crippen LogP contribution in [-0.4, -0.2) is 29.6 Å². The predicted octanol–water partition coefficient (Wildman–Crippen LogP) is 2.38. The molecule has 2 nitrogen and oxygen atoms in total. The Balaban J connectivity index is 2.26. The van der Waals surface area contributed by atoms with Crippen molar-refractivity contribution in [3.05, 3.63) is 30.1 Å². The zero-order chi connectivity index (χ0) is 10.0. The highest BCUT2D eigenvalue weighted by Gasteiger charge is 2.37. The molecule has 0 amide bonds. The smallest absolute Gasteiger partial charge is 0.116 e. The van der Waals surface area contributed by atoms with Crippen molar-refractivity contribution in [3.8, 4) is 0 Å². The van der Waals surface area contributed by atoms with Crippen molar-refractivity contribution in [1.82, 2.24) is 4.98 Å². The van der Waals surface area contributed by atoms with Crippen LogP contribution < -0.4 is 0 Å². The Morgan fingerprint density at radius 3 is 3.07 bits per heavy atom. The topological polar surface area (TPSA) is 12.9 Å². The number of nitrogens with zero attached hydrogens (tertiary/aromatic N) is 2. The predicted molar refractivity (Wildman–Crippen MR) is 57.8 cm³/mol. The standard InChI is InChI=1S/C12H19N2/c1-3-14(2)9-5-7-12(14)11-6-4-8-13-10-11/h4,6,8,10,12H,3,5,7,9H2,1-2H3/q+1/t12-,14?/m0/s1.